The number of nitrogens with one attached hydrogen (secondary N) is 1. The van der Waals surface area contributed by atoms with Crippen molar-refractivity contribution in [1.29, 1.82) is 0 Å². The molecular formula is C27H32ClN3O5S. The lowest BCUT2D eigenvalue weighted by Gasteiger charge is -2.33. The molecule has 6 rings (SSSR count). The van der Waals surface area contributed by atoms with Crippen molar-refractivity contribution in [2.45, 2.75) is 86.5 Å². The van der Waals surface area contributed by atoms with Gasteiger partial charge < -0.3 is 14.4 Å². The monoisotopic (exact) mass is 545 g/mol. The molecule has 1 N–H and O–H groups in total. The third-order valence-corrected chi connectivity index (χ3v) is 9.49. The Labute approximate surface area is 222 Å². The molecule has 4 fully saturated rings. The van der Waals surface area contributed by atoms with E-state index < -0.39 is 21.5 Å². The second-order valence-electron chi connectivity index (χ2n) is 10.7. The fourth-order valence-electron chi connectivity index (χ4n) is 5.85. The van der Waals surface area contributed by atoms with Crippen molar-refractivity contribution in [3.8, 4) is 5.75 Å². The number of ether oxygens (including phenoxy) is 2. The van der Waals surface area contributed by atoms with E-state index in [1.807, 2.05) is 12.1 Å². The summed E-state index contributed by atoms with van der Waals surface area (Å²) in [4.78, 5) is 19.7. The van der Waals surface area contributed by atoms with Gasteiger partial charge in [0.1, 0.15) is 11.6 Å². The van der Waals surface area contributed by atoms with Crippen LogP contribution >= 0.6 is 11.6 Å². The van der Waals surface area contributed by atoms with E-state index in [1.165, 1.54) is 12.5 Å². The summed E-state index contributed by atoms with van der Waals surface area (Å²) < 4.78 is 40.8. The van der Waals surface area contributed by atoms with Crippen LogP contribution in [0.15, 0.2) is 41.4 Å². The standard InChI is InChI=1S/C27H32ClN3O5S/c28-19-9-12-22(18-5-2-1-3-6-18)23(15-19)36-27(13-14-27)26(32)30-37(33,34)25-8-4-7-24(29-25)31-16-20-10-11-21(17-31)35-20/h4,7-9,12,15,18,20-21H,1-3,5-6,10-11,13-14,16-17H2,(H,30,32). The smallest absolute Gasteiger partial charge is 0.281 e. The van der Waals surface area contributed by atoms with Crippen molar-refractivity contribution >= 4 is 33.3 Å². The summed E-state index contributed by atoms with van der Waals surface area (Å²) in [6.45, 7) is 1.36. The zero-order chi connectivity index (χ0) is 25.6. The molecule has 37 heavy (non-hydrogen) atoms. The number of anilines is 1. The first-order valence-corrected chi connectivity index (χ1v) is 15.1. The van der Waals surface area contributed by atoms with Crippen molar-refractivity contribution in [2.24, 2.45) is 0 Å². The minimum absolute atomic E-state index is 0.150. The number of hydrogen-bond donors (Lipinski definition) is 1. The Morgan fingerprint density at radius 3 is 2.49 bits per heavy atom. The van der Waals surface area contributed by atoms with Crippen LogP contribution in [0.25, 0.3) is 0 Å². The zero-order valence-electron chi connectivity index (χ0n) is 20.7. The minimum Gasteiger partial charge on any atom is -0.477 e. The maximum Gasteiger partial charge on any atom is 0.281 e. The summed E-state index contributed by atoms with van der Waals surface area (Å²) in [5.74, 6) is 0.833. The van der Waals surface area contributed by atoms with Crippen LogP contribution in [0.4, 0.5) is 5.82 Å². The molecule has 198 valence electrons. The summed E-state index contributed by atoms with van der Waals surface area (Å²) in [5, 5.41) is 0.342. The van der Waals surface area contributed by atoms with Gasteiger partial charge in [-0.15, -0.1) is 0 Å². The zero-order valence-corrected chi connectivity index (χ0v) is 22.3. The number of benzene rings is 1. The average Bonchev–Trinajstić information content (AvgIpc) is 3.61. The molecule has 0 radical (unpaired) electrons. The highest BCUT2D eigenvalue weighted by atomic mass is 35.5. The molecule has 1 aromatic carbocycles. The first-order chi connectivity index (χ1) is 17.8. The van der Waals surface area contributed by atoms with E-state index in [0.717, 1.165) is 44.1 Å². The summed E-state index contributed by atoms with van der Waals surface area (Å²) in [5.41, 5.74) is -0.179. The van der Waals surface area contributed by atoms with E-state index in [4.69, 9.17) is 21.1 Å². The van der Waals surface area contributed by atoms with E-state index in [-0.39, 0.29) is 17.2 Å². The van der Waals surface area contributed by atoms with Crippen molar-refractivity contribution in [3.63, 3.8) is 0 Å². The lowest BCUT2D eigenvalue weighted by Crippen LogP contribution is -2.44. The third-order valence-electron chi connectivity index (χ3n) is 8.02. The lowest BCUT2D eigenvalue weighted by molar-refractivity contribution is -0.128. The number of rotatable bonds is 7. The largest absolute Gasteiger partial charge is 0.477 e. The minimum atomic E-state index is -4.18. The second-order valence-corrected chi connectivity index (χ2v) is 12.8. The van der Waals surface area contributed by atoms with E-state index >= 15 is 0 Å². The lowest BCUT2D eigenvalue weighted by atomic mass is 9.83. The number of sulfonamides is 1. The summed E-state index contributed by atoms with van der Waals surface area (Å²) in [7, 11) is -4.18. The Kier molecular flexibility index (Phi) is 6.57. The fraction of sp³-hybridized carbons (Fsp3) is 0.556. The molecular weight excluding hydrogens is 514 g/mol. The molecule has 2 bridgehead atoms. The molecule has 2 aromatic rings. The van der Waals surface area contributed by atoms with Gasteiger partial charge in [-0.3, -0.25) is 4.79 Å². The van der Waals surface area contributed by atoms with Gasteiger partial charge in [-0.1, -0.05) is 43.0 Å². The maximum absolute atomic E-state index is 13.3. The number of hydrogen-bond acceptors (Lipinski definition) is 7. The summed E-state index contributed by atoms with van der Waals surface area (Å²) >= 11 is 6.28. The number of fused-ring (bicyclic) bond motifs is 2. The predicted octanol–water partition coefficient (Wildman–Crippen LogP) is 4.57. The van der Waals surface area contributed by atoms with Gasteiger partial charge in [0.05, 0.1) is 12.2 Å². The Morgan fingerprint density at radius 2 is 1.78 bits per heavy atom. The van der Waals surface area contributed by atoms with Crippen LogP contribution in [0, 0.1) is 0 Å². The molecule has 0 spiro atoms. The average molecular weight is 546 g/mol. The van der Waals surface area contributed by atoms with Crippen LogP contribution in [0.1, 0.15) is 69.3 Å². The summed E-state index contributed by atoms with van der Waals surface area (Å²) in [6, 6.07) is 10.4. The third kappa shape index (κ3) is 5.18. The SMILES string of the molecule is O=C(NS(=O)(=O)c1cccc(N2CC3CCC(C2)O3)n1)C1(Oc2cc(Cl)ccc2C2CCCCC2)CC1. The van der Waals surface area contributed by atoms with Crippen LogP contribution in [-0.2, 0) is 19.6 Å². The van der Waals surface area contributed by atoms with Crippen molar-refractivity contribution in [2.75, 3.05) is 18.0 Å². The predicted molar refractivity (Wildman–Crippen MR) is 140 cm³/mol. The highest BCUT2D eigenvalue weighted by molar-refractivity contribution is 7.90. The highest BCUT2D eigenvalue weighted by Crippen LogP contribution is 2.45. The second kappa shape index (κ2) is 9.75. The molecule has 1 amide bonds. The Hall–Kier alpha value is -2.36. The molecule has 3 heterocycles. The van der Waals surface area contributed by atoms with Crippen molar-refractivity contribution in [1.82, 2.24) is 9.71 Å². The Balaban J connectivity index is 1.18. The maximum atomic E-state index is 13.3. The molecule has 2 saturated heterocycles. The number of pyridine rings is 1. The number of nitrogens with zero attached hydrogens (tertiary/aromatic N) is 2. The van der Waals surface area contributed by atoms with Crippen LogP contribution < -0.4 is 14.4 Å². The van der Waals surface area contributed by atoms with Gasteiger partial charge in [-0.25, -0.2) is 9.71 Å². The number of carbonyl (C=O) groups excluding carboxylic acids is 1. The van der Waals surface area contributed by atoms with Gasteiger partial charge in [0.2, 0.25) is 0 Å². The van der Waals surface area contributed by atoms with Crippen LogP contribution in [0.3, 0.4) is 0 Å². The van der Waals surface area contributed by atoms with Crippen LogP contribution in [0.5, 0.6) is 5.75 Å². The summed E-state index contributed by atoms with van der Waals surface area (Å²) in [6.07, 6.45) is 8.88. The number of aromatic nitrogens is 1. The quantitative estimate of drug-likeness (QED) is 0.544. The number of amides is 1. The normalized spacial score (nSPS) is 25.1. The van der Waals surface area contributed by atoms with Gasteiger partial charge in [0.25, 0.3) is 15.9 Å². The van der Waals surface area contributed by atoms with Gasteiger partial charge in [-0.05, 0) is 61.4 Å². The molecule has 8 nitrogen and oxygen atoms in total. The first-order valence-electron chi connectivity index (χ1n) is 13.2. The molecule has 1 aromatic heterocycles. The van der Waals surface area contributed by atoms with Crippen LogP contribution in [0.2, 0.25) is 5.02 Å². The topological polar surface area (TPSA) is 97.8 Å². The molecule has 2 aliphatic carbocycles. The van der Waals surface area contributed by atoms with Crippen LogP contribution in [-0.4, -0.2) is 50.2 Å². The van der Waals surface area contributed by atoms with E-state index in [9.17, 15) is 13.2 Å². The molecule has 2 unspecified atom stereocenters. The number of carbonyl (C=O) groups is 1. The number of halogens is 1. The molecule has 2 atom stereocenters. The van der Waals surface area contributed by atoms with E-state index in [0.29, 0.717) is 48.4 Å². The highest BCUT2D eigenvalue weighted by Gasteiger charge is 2.54. The fourth-order valence-corrected chi connectivity index (χ4v) is 7.01. The molecule has 2 aliphatic heterocycles. The van der Waals surface area contributed by atoms with Gasteiger partial charge >= 0.3 is 0 Å². The Morgan fingerprint density at radius 1 is 1.05 bits per heavy atom. The van der Waals surface area contributed by atoms with Crippen molar-refractivity contribution < 1.29 is 22.7 Å². The Bertz CT molecular complexity index is 1280. The first kappa shape index (κ1) is 24.9. The van der Waals surface area contributed by atoms with Gasteiger partial charge in [-0.2, -0.15) is 8.42 Å². The van der Waals surface area contributed by atoms with Gasteiger partial charge in [0, 0.05) is 31.0 Å². The number of morpholine rings is 1. The van der Waals surface area contributed by atoms with E-state index in [2.05, 4.69) is 14.6 Å². The molecule has 2 saturated carbocycles. The van der Waals surface area contributed by atoms with E-state index in [1.54, 1.807) is 18.2 Å². The van der Waals surface area contributed by atoms with Crippen molar-refractivity contribution in [3.05, 3.63) is 47.0 Å². The molecule has 10 heteroatoms. The van der Waals surface area contributed by atoms with Gasteiger partial charge in [0.15, 0.2) is 10.6 Å². The molecule has 4 aliphatic rings.